The molecule has 6 heteroatoms. The lowest BCUT2D eigenvalue weighted by Gasteiger charge is -2.15. The zero-order valence-electron chi connectivity index (χ0n) is 13.8. The Morgan fingerprint density at radius 3 is 2.61 bits per heavy atom. The molecule has 1 heterocycles. The van der Waals surface area contributed by atoms with Crippen molar-refractivity contribution in [3.05, 3.63) is 35.2 Å². The Labute approximate surface area is 141 Å². The lowest BCUT2D eigenvalue weighted by Crippen LogP contribution is -2.21. The largest absolute Gasteiger partial charge is 0.490 e. The third-order valence-electron chi connectivity index (χ3n) is 3.98. The van der Waals surface area contributed by atoms with E-state index in [-0.39, 0.29) is 6.61 Å². The van der Waals surface area contributed by atoms with Crippen LogP contribution in [-0.4, -0.2) is 38.3 Å². The molecule has 0 bridgehead atoms. The summed E-state index contributed by atoms with van der Waals surface area (Å²) in [6, 6.07) is 6.60. The van der Waals surface area contributed by atoms with E-state index in [2.05, 4.69) is 14.8 Å². The number of aliphatic hydroxyl groups excluding tert-OH is 1. The van der Waals surface area contributed by atoms with E-state index in [9.17, 15) is 5.11 Å². The van der Waals surface area contributed by atoms with Crippen molar-refractivity contribution in [2.75, 3.05) is 12.4 Å². The van der Waals surface area contributed by atoms with Gasteiger partial charge in [0.05, 0.1) is 6.10 Å². The normalized spacial score (nSPS) is 15.7. The summed E-state index contributed by atoms with van der Waals surface area (Å²) in [6.45, 7) is 6.31. The number of nitrogens with zero attached hydrogens (tertiary/aromatic N) is 3. The van der Waals surface area contributed by atoms with Gasteiger partial charge in [0.2, 0.25) is 0 Å². The average Bonchev–Trinajstić information content (AvgIpc) is 3.28. The van der Waals surface area contributed by atoms with Gasteiger partial charge in [-0.25, -0.2) is 0 Å². The Balaban J connectivity index is 1.53. The van der Waals surface area contributed by atoms with Crippen LogP contribution in [0.25, 0.3) is 0 Å². The minimum Gasteiger partial charge on any atom is -0.490 e. The highest BCUT2D eigenvalue weighted by Gasteiger charge is 2.28. The summed E-state index contributed by atoms with van der Waals surface area (Å²) < 4.78 is 7.99. The summed E-state index contributed by atoms with van der Waals surface area (Å²) in [6.07, 6.45) is 1.86. The molecule has 0 unspecified atom stereocenters. The summed E-state index contributed by atoms with van der Waals surface area (Å²) >= 11 is 1.55. The van der Waals surface area contributed by atoms with Crippen LogP contribution in [0.3, 0.4) is 0 Å². The molecule has 5 nitrogen and oxygen atoms in total. The van der Waals surface area contributed by atoms with Gasteiger partial charge in [0.25, 0.3) is 0 Å². The molecule has 1 aromatic carbocycles. The van der Waals surface area contributed by atoms with Crippen molar-refractivity contribution in [3.8, 4) is 5.75 Å². The molecule has 23 heavy (non-hydrogen) atoms. The molecule has 0 aliphatic heterocycles. The fraction of sp³-hybridized carbons (Fsp3) is 0.529. The lowest BCUT2D eigenvalue weighted by atomic mass is 10.1. The van der Waals surface area contributed by atoms with Crippen LogP contribution in [0.2, 0.25) is 0 Å². The van der Waals surface area contributed by atoms with Crippen molar-refractivity contribution in [3.63, 3.8) is 0 Å². The van der Waals surface area contributed by atoms with Gasteiger partial charge in [0, 0.05) is 11.8 Å². The zero-order valence-corrected chi connectivity index (χ0v) is 14.6. The maximum absolute atomic E-state index is 10.2. The van der Waals surface area contributed by atoms with Crippen LogP contribution < -0.4 is 4.74 Å². The highest BCUT2D eigenvalue weighted by atomic mass is 32.2. The first-order valence-electron chi connectivity index (χ1n) is 7.97. The van der Waals surface area contributed by atoms with Crippen LogP contribution in [0, 0.1) is 20.8 Å². The summed E-state index contributed by atoms with van der Waals surface area (Å²) in [5.74, 6) is 2.38. The number of rotatable bonds is 7. The SMILES string of the molecule is Cc1cccc(C)c1OC[C@H](O)CSc1nnc(C)n1C1CC1. The molecular formula is C17H23N3O2S. The minimum atomic E-state index is -0.538. The molecule has 0 spiro atoms. The maximum Gasteiger partial charge on any atom is 0.191 e. The van der Waals surface area contributed by atoms with Gasteiger partial charge >= 0.3 is 0 Å². The van der Waals surface area contributed by atoms with Crippen LogP contribution in [0.1, 0.15) is 35.8 Å². The number of ether oxygens (including phenoxy) is 1. The molecule has 1 N–H and O–H groups in total. The lowest BCUT2D eigenvalue weighted by molar-refractivity contribution is 0.125. The van der Waals surface area contributed by atoms with Gasteiger partial charge < -0.3 is 14.4 Å². The number of para-hydroxylation sites is 1. The van der Waals surface area contributed by atoms with Crippen molar-refractivity contribution in [1.82, 2.24) is 14.8 Å². The molecule has 3 rings (SSSR count). The van der Waals surface area contributed by atoms with E-state index in [1.54, 1.807) is 11.8 Å². The van der Waals surface area contributed by atoms with Gasteiger partial charge in [-0.3, -0.25) is 0 Å². The van der Waals surface area contributed by atoms with Crippen molar-refractivity contribution in [2.45, 2.75) is 50.9 Å². The van der Waals surface area contributed by atoms with E-state index in [0.717, 1.165) is 27.9 Å². The third kappa shape index (κ3) is 3.87. The summed E-state index contributed by atoms with van der Waals surface area (Å²) in [5, 5.41) is 19.5. The van der Waals surface area contributed by atoms with E-state index in [4.69, 9.17) is 4.74 Å². The van der Waals surface area contributed by atoms with Crippen molar-refractivity contribution < 1.29 is 9.84 Å². The number of aryl methyl sites for hydroxylation is 3. The van der Waals surface area contributed by atoms with Crippen LogP contribution in [0.15, 0.2) is 23.4 Å². The van der Waals surface area contributed by atoms with Crippen molar-refractivity contribution in [1.29, 1.82) is 0 Å². The van der Waals surface area contributed by atoms with E-state index < -0.39 is 6.10 Å². The predicted octanol–water partition coefficient (Wildman–Crippen LogP) is 3.07. The van der Waals surface area contributed by atoms with Crippen LogP contribution in [0.4, 0.5) is 0 Å². The standard InChI is InChI=1S/C17H23N3O2S/c1-11-5-4-6-12(2)16(11)22-9-15(21)10-23-17-19-18-13(3)20(17)14-7-8-14/h4-6,14-15,21H,7-10H2,1-3H3/t15-/m0/s1. The Bertz CT molecular complexity index is 662. The van der Waals surface area contributed by atoms with E-state index in [0.29, 0.717) is 11.8 Å². The average molecular weight is 333 g/mol. The third-order valence-corrected chi connectivity index (χ3v) is 5.07. The fourth-order valence-corrected chi connectivity index (χ4v) is 3.58. The number of hydrogen-bond acceptors (Lipinski definition) is 5. The molecule has 0 radical (unpaired) electrons. The van der Waals surface area contributed by atoms with Gasteiger partial charge in [-0.15, -0.1) is 10.2 Å². The molecule has 1 aliphatic rings. The van der Waals surface area contributed by atoms with Gasteiger partial charge in [-0.2, -0.15) is 0 Å². The molecule has 1 atom stereocenters. The minimum absolute atomic E-state index is 0.287. The molecule has 0 amide bonds. The number of aromatic nitrogens is 3. The smallest absolute Gasteiger partial charge is 0.191 e. The van der Waals surface area contributed by atoms with E-state index >= 15 is 0 Å². The summed E-state index contributed by atoms with van der Waals surface area (Å²) in [7, 11) is 0. The van der Waals surface area contributed by atoms with Crippen LogP contribution in [-0.2, 0) is 0 Å². The molecule has 1 fully saturated rings. The monoisotopic (exact) mass is 333 g/mol. The molecule has 0 saturated heterocycles. The van der Waals surface area contributed by atoms with Crippen LogP contribution >= 0.6 is 11.8 Å². The first-order valence-corrected chi connectivity index (χ1v) is 8.96. The fourth-order valence-electron chi connectivity index (χ4n) is 2.63. The van der Waals surface area contributed by atoms with Crippen molar-refractivity contribution >= 4 is 11.8 Å². The summed E-state index contributed by atoms with van der Waals surface area (Å²) in [5.41, 5.74) is 2.18. The quantitative estimate of drug-likeness (QED) is 0.789. The topological polar surface area (TPSA) is 60.2 Å². The molecule has 124 valence electrons. The molecule has 1 aliphatic carbocycles. The van der Waals surface area contributed by atoms with Gasteiger partial charge in [0.15, 0.2) is 5.16 Å². The summed E-state index contributed by atoms with van der Waals surface area (Å²) in [4.78, 5) is 0. The molecule has 1 aromatic heterocycles. The second-order valence-electron chi connectivity index (χ2n) is 6.13. The first-order chi connectivity index (χ1) is 11.1. The second kappa shape index (κ2) is 6.93. The molecular weight excluding hydrogens is 310 g/mol. The first kappa shape index (κ1) is 16.3. The molecule has 1 saturated carbocycles. The van der Waals surface area contributed by atoms with Gasteiger partial charge in [0.1, 0.15) is 18.2 Å². The van der Waals surface area contributed by atoms with Gasteiger partial charge in [-0.05, 0) is 44.7 Å². The Morgan fingerprint density at radius 2 is 1.96 bits per heavy atom. The number of aliphatic hydroxyl groups is 1. The number of thioether (sulfide) groups is 1. The van der Waals surface area contributed by atoms with Gasteiger partial charge in [-0.1, -0.05) is 30.0 Å². The molecule has 2 aromatic rings. The number of benzene rings is 1. The predicted molar refractivity (Wildman–Crippen MR) is 91.2 cm³/mol. The van der Waals surface area contributed by atoms with Crippen molar-refractivity contribution in [2.24, 2.45) is 0 Å². The zero-order chi connectivity index (χ0) is 16.4. The number of hydrogen-bond donors (Lipinski definition) is 1. The highest BCUT2D eigenvalue weighted by molar-refractivity contribution is 7.99. The Hall–Kier alpha value is -1.53. The van der Waals surface area contributed by atoms with E-state index in [1.165, 1.54) is 12.8 Å². The van der Waals surface area contributed by atoms with Crippen LogP contribution in [0.5, 0.6) is 5.75 Å². The Kier molecular flexibility index (Phi) is 4.92. The maximum atomic E-state index is 10.2. The van der Waals surface area contributed by atoms with E-state index in [1.807, 2.05) is 39.0 Å². The second-order valence-corrected chi connectivity index (χ2v) is 7.11. The highest BCUT2D eigenvalue weighted by Crippen LogP contribution is 2.38. The Morgan fingerprint density at radius 1 is 1.26 bits per heavy atom.